The van der Waals surface area contributed by atoms with E-state index < -0.39 is 0 Å². The van der Waals surface area contributed by atoms with Crippen molar-refractivity contribution in [3.05, 3.63) is 41.3 Å². The lowest BCUT2D eigenvalue weighted by Crippen LogP contribution is -2.22. The largest absolute Gasteiger partial charge is 0.497 e. The highest BCUT2D eigenvalue weighted by Crippen LogP contribution is 2.31. The van der Waals surface area contributed by atoms with Crippen LogP contribution in [0.4, 0.5) is 0 Å². The Kier molecular flexibility index (Phi) is 3.96. The number of nitrogens with zero attached hydrogens (tertiary/aromatic N) is 5. The molecule has 8 heteroatoms. The number of hydrogen-bond acceptors (Lipinski definition) is 7. The average Bonchev–Trinajstić information content (AvgIpc) is 3.28. The third-order valence-corrected chi connectivity index (χ3v) is 4.25. The Morgan fingerprint density at radius 2 is 2.04 bits per heavy atom. The Morgan fingerprint density at radius 3 is 2.72 bits per heavy atom. The molecular formula is C17H19N5O3. The van der Waals surface area contributed by atoms with E-state index in [-0.39, 0.29) is 12.0 Å². The fraction of sp³-hybridized carbons (Fsp3) is 0.412. The molecule has 0 saturated heterocycles. The number of methoxy groups -OCH3 is 1. The summed E-state index contributed by atoms with van der Waals surface area (Å²) in [7, 11) is 1.65. The Hall–Kier alpha value is -2.74. The van der Waals surface area contributed by atoms with Gasteiger partial charge in [-0.25, -0.2) is 4.68 Å². The summed E-state index contributed by atoms with van der Waals surface area (Å²) in [5.74, 6) is 2.06. The molecule has 3 aromatic rings. The van der Waals surface area contributed by atoms with Crippen LogP contribution in [0.25, 0.3) is 11.6 Å². The number of hydrogen-bond donors (Lipinski definition) is 0. The highest BCUT2D eigenvalue weighted by molar-refractivity contribution is 5.49. The van der Waals surface area contributed by atoms with Gasteiger partial charge in [-0.05, 0) is 17.7 Å². The summed E-state index contributed by atoms with van der Waals surface area (Å²) in [6.07, 6.45) is -0.0816. The zero-order valence-corrected chi connectivity index (χ0v) is 14.3. The van der Waals surface area contributed by atoms with E-state index in [1.54, 1.807) is 7.11 Å². The highest BCUT2D eigenvalue weighted by atomic mass is 16.5. The van der Waals surface area contributed by atoms with Gasteiger partial charge in [-0.1, -0.05) is 36.4 Å². The average molecular weight is 341 g/mol. The molecule has 2 aromatic heterocycles. The minimum absolute atomic E-state index is 0.0816. The SMILES string of the molecule is COc1ccc(C2Cn3nnc(-c4nc(C(C)C)no4)c3CO2)cc1. The Bertz CT molecular complexity index is 869. The summed E-state index contributed by atoms with van der Waals surface area (Å²) in [6, 6.07) is 7.85. The van der Waals surface area contributed by atoms with Gasteiger partial charge in [0.25, 0.3) is 5.89 Å². The molecule has 0 amide bonds. The van der Waals surface area contributed by atoms with Crippen LogP contribution in [0, 0.1) is 0 Å². The van der Waals surface area contributed by atoms with Gasteiger partial charge in [-0.2, -0.15) is 4.98 Å². The van der Waals surface area contributed by atoms with Gasteiger partial charge in [-0.3, -0.25) is 0 Å². The standard InChI is InChI=1S/C17H19N5O3/c1-10(2)16-18-17(25-20-16)15-13-9-24-14(8-22(13)21-19-15)11-4-6-12(23-3)7-5-11/h4-7,10,14H,8-9H2,1-3H3. The van der Waals surface area contributed by atoms with E-state index in [2.05, 4.69) is 20.5 Å². The maximum atomic E-state index is 6.01. The van der Waals surface area contributed by atoms with Gasteiger partial charge in [0, 0.05) is 5.92 Å². The maximum absolute atomic E-state index is 6.01. The van der Waals surface area contributed by atoms with Gasteiger partial charge < -0.3 is 14.0 Å². The van der Waals surface area contributed by atoms with Gasteiger partial charge in [0.1, 0.15) is 11.9 Å². The zero-order chi connectivity index (χ0) is 17.4. The molecule has 130 valence electrons. The molecule has 1 atom stereocenters. The molecular weight excluding hydrogens is 322 g/mol. The van der Waals surface area contributed by atoms with Crippen molar-refractivity contribution < 1.29 is 14.0 Å². The molecule has 0 saturated carbocycles. The first kappa shape index (κ1) is 15.8. The van der Waals surface area contributed by atoms with Crippen molar-refractivity contribution in [2.75, 3.05) is 7.11 Å². The van der Waals surface area contributed by atoms with Crippen molar-refractivity contribution in [3.8, 4) is 17.3 Å². The molecule has 1 aliphatic rings. The number of fused-ring (bicyclic) bond motifs is 1. The van der Waals surface area contributed by atoms with Crippen LogP contribution in [0.1, 0.15) is 43.0 Å². The van der Waals surface area contributed by atoms with Crippen molar-refractivity contribution in [1.82, 2.24) is 25.1 Å². The molecule has 8 nitrogen and oxygen atoms in total. The van der Waals surface area contributed by atoms with E-state index in [9.17, 15) is 0 Å². The smallest absolute Gasteiger partial charge is 0.280 e. The predicted octanol–water partition coefficient (Wildman–Crippen LogP) is 2.73. The molecule has 3 heterocycles. The minimum Gasteiger partial charge on any atom is -0.497 e. The molecule has 0 bridgehead atoms. The molecule has 1 aromatic carbocycles. The van der Waals surface area contributed by atoms with Crippen LogP contribution in [-0.4, -0.2) is 32.2 Å². The number of aromatic nitrogens is 5. The third-order valence-electron chi connectivity index (χ3n) is 4.25. The van der Waals surface area contributed by atoms with Crippen LogP contribution in [0.15, 0.2) is 28.8 Å². The number of rotatable bonds is 4. The van der Waals surface area contributed by atoms with E-state index in [0.717, 1.165) is 17.0 Å². The van der Waals surface area contributed by atoms with Crippen molar-refractivity contribution in [1.29, 1.82) is 0 Å². The summed E-state index contributed by atoms with van der Waals surface area (Å²) in [4.78, 5) is 4.39. The second-order valence-corrected chi connectivity index (χ2v) is 6.25. The monoisotopic (exact) mass is 341 g/mol. The summed E-state index contributed by atoms with van der Waals surface area (Å²) in [5, 5.41) is 12.4. The van der Waals surface area contributed by atoms with E-state index in [1.165, 1.54) is 0 Å². The van der Waals surface area contributed by atoms with Crippen LogP contribution in [0.5, 0.6) is 5.75 Å². The normalized spacial score (nSPS) is 16.9. The number of benzene rings is 1. The van der Waals surface area contributed by atoms with Gasteiger partial charge in [0.05, 0.1) is 26.0 Å². The van der Waals surface area contributed by atoms with Crippen LogP contribution < -0.4 is 4.74 Å². The van der Waals surface area contributed by atoms with Gasteiger partial charge in [-0.15, -0.1) is 5.10 Å². The van der Waals surface area contributed by atoms with Crippen LogP contribution >= 0.6 is 0 Å². The van der Waals surface area contributed by atoms with Crippen molar-refractivity contribution in [2.45, 2.75) is 39.0 Å². The molecule has 0 aliphatic carbocycles. The maximum Gasteiger partial charge on any atom is 0.280 e. The fourth-order valence-electron chi connectivity index (χ4n) is 2.76. The van der Waals surface area contributed by atoms with Crippen molar-refractivity contribution in [2.24, 2.45) is 0 Å². The first-order valence-corrected chi connectivity index (χ1v) is 8.17. The van der Waals surface area contributed by atoms with Crippen LogP contribution in [0.2, 0.25) is 0 Å². The summed E-state index contributed by atoms with van der Waals surface area (Å²) < 4.78 is 18.4. The van der Waals surface area contributed by atoms with Crippen molar-refractivity contribution in [3.63, 3.8) is 0 Å². The molecule has 1 aliphatic heterocycles. The van der Waals surface area contributed by atoms with Gasteiger partial charge >= 0.3 is 0 Å². The predicted molar refractivity (Wildman–Crippen MR) is 87.9 cm³/mol. The third kappa shape index (κ3) is 2.89. The Morgan fingerprint density at radius 1 is 1.24 bits per heavy atom. The zero-order valence-electron chi connectivity index (χ0n) is 14.3. The molecule has 0 spiro atoms. The minimum atomic E-state index is -0.0816. The molecule has 0 radical (unpaired) electrons. The fourth-order valence-corrected chi connectivity index (χ4v) is 2.76. The Balaban J connectivity index is 1.57. The van der Waals surface area contributed by atoms with Crippen molar-refractivity contribution >= 4 is 0 Å². The van der Waals surface area contributed by atoms with E-state index in [4.69, 9.17) is 14.0 Å². The second kappa shape index (κ2) is 6.29. The van der Waals surface area contributed by atoms with E-state index >= 15 is 0 Å². The lowest BCUT2D eigenvalue weighted by molar-refractivity contribution is -0.00119. The van der Waals surface area contributed by atoms with Gasteiger partial charge in [0.2, 0.25) is 0 Å². The first-order valence-electron chi connectivity index (χ1n) is 8.17. The summed E-state index contributed by atoms with van der Waals surface area (Å²) in [6.45, 7) is 4.99. The number of ether oxygens (including phenoxy) is 2. The second-order valence-electron chi connectivity index (χ2n) is 6.25. The quantitative estimate of drug-likeness (QED) is 0.721. The first-order chi connectivity index (χ1) is 12.2. The lowest BCUT2D eigenvalue weighted by Gasteiger charge is -2.24. The molecule has 4 rings (SSSR count). The van der Waals surface area contributed by atoms with Gasteiger partial charge in [0.15, 0.2) is 11.5 Å². The summed E-state index contributed by atoms with van der Waals surface area (Å²) >= 11 is 0. The Labute approximate surface area is 144 Å². The molecule has 0 fully saturated rings. The summed E-state index contributed by atoms with van der Waals surface area (Å²) in [5.41, 5.74) is 2.51. The lowest BCUT2D eigenvalue weighted by atomic mass is 10.1. The molecule has 1 unspecified atom stereocenters. The molecule has 0 N–H and O–H groups in total. The van der Waals surface area contributed by atoms with E-state index in [0.29, 0.717) is 30.6 Å². The van der Waals surface area contributed by atoms with Crippen LogP contribution in [-0.2, 0) is 17.9 Å². The highest BCUT2D eigenvalue weighted by Gasteiger charge is 2.28. The van der Waals surface area contributed by atoms with E-state index in [1.807, 2.05) is 42.8 Å². The molecule has 25 heavy (non-hydrogen) atoms. The topological polar surface area (TPSA) is 88.1 Å². The van der Waals surface area contributed by atoms with Crippen LogP contribution in [0.3, 0.4) is 0 Å².